The number of carbonyl (C=O) groups is 1. The average Bonchev–Trinajstić information content (AvgIpc) is 2.94. The van der Waals surface area contributed by atoms with Crippen LogP contribution in [0, 0.1) is 0 Å². The maximum atomic E-state index is 12.3. The molecule has 1 N–H and O–H groups in total. The van der Waals surface area contributed by atoms with Crippen LogP contribution < -0.4 is 0 Å². The fourth-order valence-corrected chi connectivity index (χ4v) is 3.70. The van der Waals surface area contributed by atoms with Gasteiger partial charge in [0.1, 0.15) is 4.88 Å². The smallest absolute Gasteiger partial charge is 0.265 e. The first-order chi connectivity index (χ1) is 8.66. The summed E-state index contributed by atoms with van der Waals surface area (Å²) in [6.45, 7) is 1.01. The normalized spacial score (nSPS) is 19.7. The van der Waals surface area contributed by atoms with Gasteiger partial charge in [-0.2, -0.15) is 0 Å². The number of nitrogens with zero attached hydrogens (tertiary/aromatic N) is 1. The van der Waals surface area contributed by atoms with Gasteiger partial charge in [0.15, 0.2) is 0 Å². The lowest BCUT2D eigenvalue weighted by molar-refractivity contribution is 0.0770. The molecule has 0 radical (unpaired) electrons. The number of aliphatic hydroxyl groups excluding tert-OH is 1. The predicted molar refractivity (Wildman–Crippen MR) is 73.4 cm³/mol. The molecule has 5 heteroatoms. The number of likely N-dealkylation sites (tertiary alicyclic amines) is 1. The number of fused-ring (bicyclic) bond motifs is 1. The standard InChI is InChI=1S/C13H12ClNO2S/c14-11-9-3-1-2-4-10(9)18-12(11)13(17)15-6-5-8(16)7-15/h1-4,8,16H,5-7H2/t8-/m0/s1. The highest BCUT2D eigenvalue weighted by molar-refractivity contribution is 7.21. The first-order valence-corrected chi connectivity index (χ1v) is 7.00. The predicted octanol–water partition coefficient (Wildman–Crippen LogP) is 2.76. The molecule has 1 aromatic heterocycles. The lowest BCUT2D eigenvalue weighted by Gasteiger charge is -2.14. The van der Waals surface area contributed by atoms with Gasteiger partial charge in [-0.1, -0.05) is 29.8 Å². The van der Waals surface area contributed by atoms with E-state index in [9.17, 15) is 9.90 Å². The van der Waals surface area contributed by atoms with Gasteiger partial charge < -0.3 is 10.0 Å². The summed E-state index contributed by atoms with van der Waals surface area (Å²) in [5, 5.41) is 10.9. The van der Waals surface area contributed by atoms with E-state index in [0.29, 0.717) is 29.4 Å². The Morgan fingerprint density at radius 2 is 2.22 bits per heavy atom. The Bertz CT molecular complexity index is 610. The van der Waals surface area contributed by atoms with Gasteiger partial charge in [-0.25, -0.2) is 0 Å². The number of amides is 1. The van der Waals surface area contributed by atoms with Crippen molar-refractivity contribution in [1.29, 1.82) is 0 Å². The van der Waals surface area contributed by atoms with Crippen LogP contribution in [0.5, 0.6) is 0 Å². The number of hydrogen-bond donors (Lipinski definition) is 1. The van der Waals surface area contributed by atoms with Gasteiger partial charge in [-0.3, -0.25) is 4.79 Å². The number of hydrogen-bond acceptors (Lipinski definition) is 3. The third kappa shape index (κ3) is 1.90. The van der Waals surface area contributed by atoms with Gasteiger partial charge >= 0.3 is 0 Å². The highest BCUT2D eigenvalue weighted by atomic mass is 35.5. The van der Waals surface area contributed by atoms with Crippen LogP contribution in [0.4, 0.5) is 0 Å². The van der Waals surface area contributed by atoms with Crippen LogP contribution in [-0.2, 0) is 0 Å². The van der Waals surface area contributed by atoms with Gasteiger partial charge in [0.2, 0.25) is 0 Å². The third-order valence-corrected chi connectivity index (χ3v) is 4.84. The molecule has 1 fully saturated rings. The van der Waals surface area contributed by atoms with Crippen molar-refractivity contribution in [1.82, 2.24) is 4.90 Å². The molecular formula is C13H12ClNO2S. The molecule has 18 heavy (non-hydrogen) atoms. The zero-order valence-corrected chi connectivity index (χ0v) is 11.2. The van der Waals surface area contributed by atoms with Crippen LogP contribution >= 0.6 is 22.9 Å². The summed E-state index contributed by atoms with van der Waals surface area (Å²) in [6.07, 6.45) is 0.246. The number of rotatable bonds is 1. The lowest BCUT2D eigenvalue weighted by atomic mass is 10.2. The number of aliphatic hydroxyl groups is 1. The molecule has 1 saturated heterocycles. The summed E-state index contributed by atoms with van der Waals surface area (Å²) >= 11 is 7.68. The second-order valence-electron chi connectivity index (χ2n) is 4.43. The van der Waals surface area contributed by atoms with Crippen molar-refractivity contribution in [2.24, 2.45) is 0 Å². The van der Waals surface area contributed by atoms with Gasteiger partial charge in [0.25, 0.3) is 5.91 Å². The van der Waals surface area contributed by atoms with E-state index >= 15 is 0 Å². The van der Waals surface area contributed by atoms with Crippen LogP contribution in [0.15, 0.2) is 24.3 Å². The van der Waals surface area contributed by atoms with Crippen LogP contribution in [0.1, 0.15) is 16.1 Å². The Kier molecular flexibility index (Phi) is 3.01. The average molecular weight is 282 g/mol. The van der Waals surface area contributed by atoms with Gasteiger partial charge in [0, 0.05) is 23.2 Å². The monoisotopic (exact) mass is 281 g/mol. The minimum atomic E-state index is -0.401. The number of thiophene rings is 1. The molecule has 1 aliphatic heterocycles. The summed E-state index contributed by atoms with van der Waals surface area (Å²) in [7, 11) is 0. The second-order valence-corrected chi connectivity index (χ2v) is 5.87. The summed E-state index contributed by atoms with van der Waals surface area (Å²) in [5.41, 5.74) is 0. The van der Waals surface area contributed by atoms with E-state index in [1.807, 2.05) is 24.3 Å². The van der Waals surface area contributed by atoms with Crippen LogP contribution in [0.2, 0.25) is 5.02 Å². The van der Waals surface area contributed by atoms with Crippen molar-refractivity contribution < 1.29 is 9.90 Å². The van der Waals surface area contributed by atoms with Crippen molar-refractivity contribution in [3.05, 3.63) is 34.2 Å². The Hall–Kier alpha value is -1.10. The van der Waals surface area contributed by atoms with E-state index < -0.39 is 6.10 Å². The maximum Gasteiger partial charge on any atom is 0.265 e. The maximum absolute atomic E-state index is 12.3. The fourth-order valence-electron chi connectivity index (χ4n) is 2.22. The zero-order valence-electron chi connectivity index (χ0n) is 9.60. The molecule has 2 aromatic rings. The molecule has 94 valence electrons. The molecule has 0 spiro atoms. The van der Waals surface area contributed by atoms with Crippen LogP contribution in [0.3, 0.4) is 0 Å². The molecule has 1 amide bonds. The van der Waals surface area contributed by atoms with E-state index in [1.165, 1.54) is 11.3 Å². The molecule has 1 atom stereocenters. The van der Waals surface area contributed by atoms with Gasteiger partial charge in [0.05, 0.1) is 11.1 Å². The number of carbonyl (C=O) groups excluding carboxylic acids is 1. The molecule has 0 unspecified atom stereocenters. The van der Waals surface area contributed by atoms with E-state index in [2.05, 4.69) is 0 Å². The lowest BCUT2D eigenvalue weighted by Crippen LogP contribution is -2.29. The molecule has 1 aromatic carbocycles. The molecule has 1 aliphatic rings. The van der Waals surface area contributed by atoms with Gasteiger partial charge in [-0.05, 0) is 12.5 Å². The molecule has 0 saturated carbocycles. The summed E-state index contributed by atoms with van der Waals surface area (Å²) in [5.74, 6) is -0.0715. The van der Waals surface area contributed by atoms with Crippen molar-refractivity contribution in [2.45, 2.75) is 12.5 Å². The molecule has 0 aliphatic carbocycles. The Morgan fingerprint density at radius 3 is 2.89 bits per heavy atom. The summed E-state index contributed by atoms with van der Waals surface area (Å²) < 4.78 is 1.02. The largest absolute Gasteiger partial charge is 0.391 e. The molecule has 3 rings (SSSR count). The Morgan fingerprint density at radius 1 is 1.44 bits per heavy atom. The highest BCUT2D eigenvalue weighted by Crippen LogP contribution is 2.36. The number of β-amino-alcohol motifs (C(OH)–C–C–N with tert-alkyl or cyclic N) is 1. The first kappa shape index (κ1) is 12.0. The Labute approximate surface area is 114 Å². The van der Waals surface area contributed by atoms with Crippen LogP contribution in [-0.4, -0.2) is 35.1 Å². The highest BCUT2D eigenvalue weighted by Gasteiger charge is 2.28. The van der Waals surface area contributed by atoms with E-state index in [0.717, 1.165) is 10.1 Å². The molecular weight excluding hydrogens is 270 g/mol. The molecule has 2 heterocycles. The summed E-state index contributed by atoms with van der Waals surface area (Å²) in [6, 6.07) is 7.73. The fraction of sp³-hybridized carbons (Fsp3) is 0.308. The van der Waals surface area contributed by atoms with Crippen molar-refractivity contribution in [3.8, 4) is 0 Å². The second kappa shape index (κ2) is 4.53. The third-order valence-electron chi connectivity index (χ3n) is 3.18. The minimum Gasteiger partial charge on any atom is -0.391 e. The van der Waals surface area contributed by atoms with Gasteiger partial charge in [-0.15, -0.1) is 11.3 Å². The zero-order chi connectivity index (χ0) is 12.7. The quantitative estimate of drug-likeness (QED) is 0.873. The minimum absolute atomic E-state index is 0.0715. The van der Waals surface area contributed by atoms with Crippen molar-refractivity contribution in [3.63, 3.8) is 0 Å². The van der Waals surface area contributed by atoms with Crippen molar-refractivity contribution >= 4 is 38.9 Å². The van der Waals surface area contributed by atoms with E-state index in [4.69, 9.17) is 11.6 Å². The number of halogens is 1. The Balaban J connectivity index is 1.99. The van der Waals surface area contributed by atoms with Crippen LogP contribution in [0.25, 0.3) is 10.1 Å². The van der Waals surface area contributed by atoms with E-state index in [-0.39, 0.29) is 5.91 Å². The topological polar surface area (TPSA) is 40.5 Å². The van der Waals surface area contributed by atoms with Crippen molar-refractivity contribution in [2.75, 3.05) is 13.1 Å². The molecule has 3 nitrogen and oxygen atoms in total. The first-order valence-electron chi connectivity index (χ1n) is 5.81. The van der Waals surface area contributed by atoms with E-state index in [1.54, 1.807) is 4.90 Å². The molecule has 0 bridgehead atoms. The number of benzene rings is 1. The summed E-state index contributed by atoms with van der Waals surface area (Å²) in [4.78, 5) is 14.6. The SMILES string of the molecule is O=C(c1sc2ccccc2c1Cl)N1CC[C@H](O)C1.